The highest BCUT2D eigenvalue weighted by Crippen LogP contribution is 2.10. The number of rotatable bonds is 18. The van der Waals surface area contributed by atoms with Gasteiger partial charge in [0.15, 0.2) is 6.23 Å². The zero-order valence-corrected chi connectivity index (χ0v) is 16.9. The molecule has 0 heterocycles. The number of allylic oxidation sites excluding steroid dienone is 2. The van der Waals surface area contributed by atoms with E-state index < -0.39 is 6.23 Å². The van der Waals surface area contributed by atoms with Gasteiger partial charge >= 0.3 is 5.97 Å². The van der Waals surface area contributed by atoms with Gasteiger partial charge < -0.3 is 4.74 Å². The Labute approximate surface area is 156 Å². The second kappa shape index (κ2) is 19.5. The summed E-state index contributed by atoms with van der Waals surface area (Å²) in [5, 5.41) is 0. The molecule has 2 N–H and O–H groups in total. The van der Waals surface area contributed by atoms with Crippen LogP contribution in [0.25, 0.3) is 0 Å². The van der Waals surface area contributed by atoms with E-state index in [1.807, 2.05) is 6.92 Å². The lowest BCUT2D eigenvalue weighted by Crippen LogP contribution is -2.26. The molecule has 25 heavy (non-hydrogen) atoms. The van der Waals surface area contributed by atoms with Crippen LogP contribution in [0.4, 0.5) is 0 Å². The molecule has 0 aromatic carbocycles. The third-order valence-corrected chi connectivity index (χ3v) is 4.50. The Kier molecular flexibility index (Phi) is 18.8. The van der Waals surface area contributed by atoms with Crippen molar-refractivity contribution in [2.24, 2.45) is 5.73 Å². The molecule has 0 saturated carbocycles. The van der Waals surface area contributed by atoms with Crippen molar-refractivity contribution in [1.29, 1.82) is 0 Å². The molecule has 148 valence electrons. The lowest BCUT2D eigenvalue weighted by Gasteiger charge is -2.11. The standard InChI is InChI=1S/C22H43NO2/c1-3-5-6-7-8-9-10-11-12-13-14-15-16-17-18-20-22(24)25-21(23)19-4-2/h11-12,21H,3-10,13-20,23H2,1-2H3. The van der Waals surface area contributed by atoms with Crippen LogP contribution in [-0.4, -0.2) is 12.2 Å². The summed E-state index contributed by atoms with van der Waals surface area (Å²) in [6.07, 6.45) is 23.0. The fraction of sp³-hybridized carbons (Fsp3) is 0.864. The Morgan fingerprint density at radius 2 is 1.32 bits per heavy atom. The lowest BCUT2D eigenvalue weighted by atomic mass is 10.1. The number of hydrogen-bond acceptors (Lipinski definition) is 3. The molecule has 0 fully saturated rings. The summed E-state index contributed by atoms with van der Waals surface area (Å²) in [4.78, 5) is 11.6. The first-order valence-corrected chi connectivity index (χ1v) is 10.8. The van der Waals surface area contributed by atoms with Gasteiger partial charge in [-0.05, 0) is 38.5 Å². The van der Waals surface area contributed by atoms with Crippen LogP contribution in [0.15, 0.2) is 12.2 Å². The van der Waals surface area contributed by atoms with Crippen molar-refractivity contribution in [2.45, 2.75) is 123 Å². The van der Waals surface area contributed by atoms with E-state index in [1.165, 1.54) is 70.6 Å². The van der Waals surface area contributed by atoms with Gasteiger partial charge in [-0.3, -0.25) is 10.5 Å². The number of esters is 1. The van der Waals surface area contributed by atoms with Gasteiger partial charge in [-0.2, -0.15) is 0 Å². The monoisotopic (exact) mass is 353 g/mol. The SMILES string of the molecule is CCCCCCCCC=CCCCCCCCC(=O)OC(N)CCC. The predicted octanol–water partition coefficient (Wildman–Crippen LogP) is 6.65. The average molecular weight is 354 g/mol. The normalized spacial score (nSPS) is 12.6. The van der Waals surface area contributed by atoms with Crippen LogP contribution in [0.1, 0.15) is 117 Å². The number of nitrogens with two attached hydrogens (primary N) is 1. The van der Waals surface area contributed by atoms with Gasteiger partial charge in [-0.1, -0.05) is 83.8 Å². The summed E-state index contributed by atoms with van der Waals surface area (Å²) in [6.45, 7) is 4.30. The third kappa shape index (κ3) is 19.3. The molecule has 0 aliphatic carbocycles. The Morgan fingerprint density at radius 3 is 1.88 bits per heavy atom. The Morgan fingerprint density at radius 1 is 0.800 bits per heavy atom. The highest BCUT2D eigenvalue weighted by molar-refractivity contribution is 5.69. The largest absolute Gasteiger partial charge is 0.447 e. The first kappa shape index (κ1) is 24.2. The van der Waals surface area contributed by atoms with Crippen LogP contribution in [0.5, 0.6) is 0 Å². The maximum atomic E-state index is 11.6. The molecule has 0 aliphatic heterocycles. The number of carbonyl (C=O) groups excluding carboxylic acids is 1. The average Bonchev–Trinajstić information content (AvgIpc) is 2.58. The van der Waals surface area contributed by atoms with Gasteiger partial charge in [0.05, 0.1) is 0 Å². The lowest BCUT2D eigenvalue weighted by molar-refractivity contribution is -0.149. The molecule has 0 radical (unpaired) electrons. The van der Waals surface area contributed by atoms with Crippen LogP contribution in [0.3, 0.4) is 0 Å². The Bertz CT molecular complexity index is 315. The fourth-order valence-corrected chi connectivity index (χ4v) is 2.91. The summed E-state index contributed by atoms with van der Waals surface area (Å²) in [5.74, 6) is -0.140. The molecular formula is C22H43NO2. The van der Waals surface area contributed by atoms with Crippen molar-refractivity contribution in [3.8, 4) is 0 Å². The molecule has 0 saturated heterocycles. The minimum atomic E-state index is -0.416. The van der Waals surface area contributed by atoms with Gasteiger partial charge in [-0.25, -0.2) is 0 Å². The van der Waals surface area contributed by atoms with Crippen molar-refractivity contribution in [3.63, 3.8) is 0 Å². The van der Waals surface area contributed by atoms with E-state index in [0.717, 1.165) is 25.7 Å². The highest BCUT2D eigenvalue weighted by atomic mass is 16.6. The Balaban J connectivity index is 3.25. The summed E-state index contributed by atoms with van der Waals surface area (Å²) >= 11 is 0. The van der Waals surface area contributed by atoms with E-state index in [2.05, 4.69) is 19.1 Å². The topological polar surface area (TPSA) is 52.3 Å². The molecule has 0 bridgehead atoms. The van der Waals surface area contributed by atoms with Crippen molar-refractivity contribution in [3.05, 3.63) is 12.2 Å². The third-order valence-electron chi connectivity index (χ3n) is 4.50. The number of ether oxygens (including phenoxy) is 1. The molecule has 1 unspecified atom stereocenters. The van der Waals surface area contributed by atoms with Gasteiger partial charge in [-0.15, -0.1) is 0 Å². The molecule has 3 heteroatoms. The first-order chi connectivity index (χ1) is 12.2. The Hall–Kier alpha value is -0.830. The summed E-state index contributed by atoms with van der Waals surface area (Å²) < 4.78 is 5.14. The first-order valence-electron chi connectivity index (χ1n) is 10.8. The second-order valence-corrected chi connectivity index (χ2v) is 7.15. The van der Waals surface area contributed by atoms with E-state index in [4.69, 9.17) is 10.5 Å². The summed E-state index contributed by atoms with van der Waals surface area (Å²) in [6, 6.07) is 0. The highest BCUT2D eigenvalue weighted by Gasteiger charge is 2.08. The van der Waals surface area contributed by atoms with Gasteiger partial charge in [0.25, 0.3) is 0 Å². The molecule has 0 rings (SSSR count). The van der Waals surface area contributed by atoms with Gasteiger partial charge in [0, 0.05) is 6.42 Å². The van der Waals surface area contributed by atoms with E-state index in [-0.39, 0.29) is 5.97 Å². The van der Waals surface area contributed by atoms with Crippen molar-refractivity contribution < 1.29 is 9.53 Å². The molecule has 0 aromatic heterocycles. The number of hydrogen-bond donors (Lipinski definition) is 1. The molecule has 0 aliphatic rings. The maximum absolute atomic E-state index is 11.6. The van der Waals surface area contributed by atoms with Crippen LogP contribution in [-0.2, 0) is 9.53 Å². The maximum Gasteiger partial charge on any atom is 0.307 e. The zero-order chi connectivity index (χ0) is 18.6. The van der Waals surface area contributed by atoms with Crippen LogP contribution in [0, 0.1) is 0 Å². The van der Waals surface area contributed by atoms with Crippen molar-refractivity contribution in [1.82, 2.24) is 0 Å². The minimum Gasteiger partial charge on any atom is -0.447 e. The van der Waals surface area contributed by atoms with Crippen LogP contribution < -0.4 is 5.73 Å². The van der Waals surface area contributed by atoms with Gasteiger partial charge in [0.2, 0.25) is 0 Å². The fourth-order valence-electron chi connectivity index (χ4n) is 2.91. The van der Waals surface area contributed by atoms with Gasteiger partial charge in [0.1, 0.15) is 0 Å². The van der Waals surface area contributed by atoms with Crippen LogP contribution >= 0.6 is 0 Å². The summed E-state index contributed by atoms with van der Waals surface area (Å²) in [5.41, 5.74) is 5.69. The molecule has 3 nitrogen and oxygen atoms in total. The van der Waals surface area contributed by atoms with E-state index in [9.17, 15) is 4.79 Å². The smallest absolute Gasteiger partial charge is 0.307 e. The molecule has 0 aromatic rings. The van der Waals surface area contributed by atoms with E-state index >= 15 is 0 Å². The van der Waals surface area contributed by atoms with Crippen molar-refractivity contribution in [2.75, 3.05) is 0 Å². The quantitative estimate of drug-likeness (QED) is 0.130. The number of carbonyl (C=O) groups is 1. The molecule has 1 atom stereocenters. The van der Waals surface area contributed by atoms with Crippen LogP contribution in [0.2, 0.25) is 0 Å². The molecular weight excluding hydrogens is 310 g/mol. The summed E-state index contributed by atoms with van der Waals surface area (Å²) in [7, 11) is 0. The molecule has 0 spiro atoms. The van der Waals surface area contributed by atoms with Crippen molar-refractivity contribution >= 4 is 5.97 Å². The van der Waals surface area contributed by atoms with E-state index in [1.54, 1.807) is 0 Å². The minimum absolute atomic E-state index is 0.140. The molecule has 0 amide bonds. The second-order valence-electron chi connectivity index (χ2n) is 7.15. The van der Waals surface area contributed by atoms with E-state index in [0.29, 0.717) is 6.42 Å². The predicted molar refractivity (Wildman–Crippen MR) is 108 cm³/mol. The number of unbranched alkanes of at least 4 members (excludes halogenated alkanes) is 11. The zero-order valence-electron chi connectivity index (χ0n) is 16.9.